The number of carbonyl (C=O) groups excluding carboxylic acids is 3. The predicted octanol–water partition coefficient (Wildman–Crippen LogP) is 25.3. The standard InChI is InChI=1S/C75H142O6/c1-4-7-10-13-16-19-22-24-26-28-30-31-32-33-34-35-36-37-38-39-40-41-42-43-45-46-48-50-53-56-59-62-65-68-74(77)80-71-72(70-79-73(76)67-64-61-58-55-52-21-18-15-12-9-6-3)81-75(78)69-66-63-60-57-54-51-49-47-44-29-27-25-23-20-17-14-11-8-5-2/h15,18,25,27,72H,4-14,16-17,19-24,26,28-71H2,1-3H3/b18-15-,27-25-. The summed E-state index contributed by atoms with van der Waals surface area (Å²) in [5.41, 5.74) is 0. The van der Waals surface area contributed by atoms with Crippen LogP contribution in [0.5, 0.6) is 0 Å². The normalized spacial score (nSPS) is 12.1. The zero-order chi connectivity index (χ0) is 58.5. The molecule has 0 N–H and O–H groups in total. The first-order chi connectivity index (χ1) is 40.0. The van der Waals surface area contributed by atoms with Crippen LogP contribution in [0.2, 0.25) is 0 Å². The summed E-state index contributed by atoms with van der Waals surface area (Å²) in [6.45, 7) is 6.67. The summed E-state index contributed by atoms with van der Waals surface area (Å²) in [5, 5.41) is 0. The van der Waals surface area contributed by atoms with Crippen LogP contribution in [0, 0.1) is 0 Å². The monoisotopic (exact) mass is 1140 g/mol. The molecule has 0 aliphatic carbocycles. The van der Waals surface area contributed by atoms with E-state index in [0.29, 0.717) is 19.3 Å². The Morgan fingerprint density at radius 1 is 0.235 bits per heavy atom. The fourth-order valence-corrected chi connectivity index (χ4v) is 11.4. The van der Waals surface area contributed by atoms with Gasteiger partial charge in [-0.15, -0.1) is 0 Å². The summed E-state index contributed by atoms with van der Waals surface area (Å²) >= 11 is 0. The van der Waals surface area contributed by atoms with Gasteiger partial charge in [-0.25, -0.2) is 0 Å². The summed E-state index contributed by atoms with van der Waals surface area (Å²) in [6.07, 6.45) is 86.7. The summed E-state index contributed by atoms with van der Waals surface area (Å²) in [7, 11) is 0. The zero-order valence-corrected chi connectivity index (χ0v) is 55.1. The molecule has 0 fully saturated rings. The van der Waals surface area contributed by atoms with Crippen molar-refractivity contribution in [1.29, 1.82) is 0 Å². The fraction of sp³-hybridized carbons (Fsp3) is 0.907. The molecular formula is C75H142O6. The molecule has 0 spiro atoms. The molecule has 6 nitrogen and oxygen atoms in total. The molecule has 1 unspecified atom stereocenters. The molecule has 0 radical (unpaired) electrons. The molecule has 0 rings (SSSR count). The minimum Gasteiger partial charge on any atom is -0.462 e. The maximum Gasteiger partial charge on any atom is 0.306 e. The number of esters is 3. The van der Waals surface area contributed by atoms with Crippen LogP contribution >= 0.6 is 0 Å². The molecule has 0 saturated heterocycles. The lowest BCUT2D eigenvalue weighted by molar-refractivity contribution is -0.167. The number of hydrogen-bond acceptors (Lipinski definition) is 6. The maximum atomic E-state index is 12.9. The molecule has 0 heterocycles. The number of rotatable bonds is 69. The third kappa shape index (κ3) is 68.6. The highest BCUT2D eigenvalue weighted by molar-refractivity contribution is 5.71. The van der Waals surface area contributed by atoms with Crippen molar-refractivity contribution < 1.29 is 28.6 Å². The molecule has 478 valence electrons. The van der Waals surface area contributed by atoms with Gasteiger partial charge in [0.15, 0.2) is 6.10 Å². The molecule has 0 saturated carbocycles. The van der Waals surface area contributed by atoms with Gasteiger partial charge in [0.05, 0.1) is 0 Å². The van der Waals surface area contributed by atoms with E-state index in [1.54, 1.807) is 0 Å². The van der Waals surface area contributed by atoms with E-state index in [9.17, 15) is 14.4 Å². The molecule has 1 atom stereocenters. The van der Waals surface area contributed by atoms with Crippen LogP contribution in [0.1, 0.15) is 419 Å². The van der Waals surface area contributed by atoms with Gasteiger partial charge < -0.3 is 14.2 Å². The van der Waals surface area contributed by atoms with Gasteiger partial charge in [-0.2, -0.15) is 0 Å². The van der Waals surface area contributed by atoms with E-state index in [1.165, 1.54) is 315 Å². The highest BCUT2D eigenvalue weighted by Gasteiger charge is 2.20. The van der Waals surface area contributed by atoms with Crippen molar-refractivity contribution in [1.82, 2.24) is 0 Å². The van der Waals surface area contributed by atoms with Crippen LogP contribution < -0.4 is 0 Å². The van der Waals surface area contributed by atoms with Crippen LogP contribution in [0.25, 0.3) is 0 Å². The number of allylic oxidation sites excluding steroid dienone is 4. The summed E-state index contributed by atoms with van der Waals surface area (Å²) in [6, 6.07) is 0. The molecule has 0 aromatic rings. The number of ether oxygens (including phenoxy) is 3. The van der Waals surface area contributed by atoms with Crippen molar-refractivity contribution >= 4 is 17.9 Å². The number of unbranched alkanes of at least 4 members (excludes halogenated alkanes) is 54. The number of hydrogen-bond donors (Lipinski definition) is 0. The lowest BCUT2D eigenvalue weighted by atomic mass is 10.0. The summed E-state index contributed by atoms with van der Waals surface area (Å²) in [5.74, 6) is -0.853. The van der Waals surface area contributed by atoms with Crippen LogP contribution in [0.15, 0.2) is 24.3 Å². The van der Waals surface area contributed by atoms with Crippen molar-refractivity contribution in [3.8, 4) is 0 Å². The van der Waals surface area contributed by atoms with Crippen LogP contribution in [-0.4, -0.2) is 37.2 Å². The molecular weight excluding hydrogens is 997 g/mol. The zero-order valence-electron chi connectivity index (χ0n) is 55.1. The van der Waals surface area contributed by atoms with Gasteiger partial charge in [0.2, 0.25) is 0 Å². The Morgan fingerprint density at radius 2 is 0.420 bits per heavy atom. The SMILES string of the molecule is CCCC/C=C\CCCCCCCC(=O)OCC(COC(=O)CCCCCCCCCCCCCCCCCCCCCCCCCCCCCCCCCCC)OC(=O)CCCCCCCCCCC/C=C\CCCCCCCC. The predicted molar refractivity (Wildman–Crippen MR) is 353 cm³/mol. The Bertz CT molecular complexity index is 1310. The first-order valence-corrected chi connectivity index (χ1v) is 36.8. The topological polar surface area (TPSA) is 78.9 Å². The molecule has 0 aliphatic heterocycles. The minimum atomic E-state index is -0.773. The first-order valence-electron chi connectivity index (χ1n) is 36.8. The van der Waals surface area contributed by atoms with Crippen molar-refractivity contribution in [2.75, 3.05) is 13.2 Å². The Kier molecular flexibility index (Phi) is 68.5. The molecule has 6 heteroatoms. The maximum absolute atomic E-state index is 12.9. The van der Waals surface area contributed by atoms with E-state index in [-0.39, 0.29) is 31.1 Å². The van der Waals surface area contributed by atoms with Crippen LogP contribution in [0.3, 0.4) is 0 Å². The third-order valence-electron chi connectivity index (χ3n) is 16.9. The van der Waals surface area contributed by atoms with Gasteiger partial charge in [0.1, 0.15) is 13.2 Å². The second-order valence-electron chi connectivity index (χ2n) is 25.2. The van der Waals surface area contributed by atoms with Gasteiger partial charge >= 0.3 is 17.9 Å². The summed E-state index contributed by atoms with van der Waals surface area (Å²) < 4.78 is 17.0. The Hall–Kier alpha value is -2.11. The smallest absolute Gasteiger partial charge is 0.306 e. The van der Waals surface area contributed by atoms with Crippen molar-refractivity contribution in [3.63, 3.8) is 0 Å². The average Bonchev–Trinajstić information content (AvgIpc) is 3.47. The lowest BCUT2D eigenvalue weighted by Crippen LogP contribution is -2.30. The fourth-order valence-electron chi connectivity index (χ4n) is 11.4. The van der Waals surface area contributed by atoms with Crippen molar-refractivity contribution in [2.45, 2.75) is 425 Å². The van der Waals surface area contributed by atoms with E-state index in [2.05, 4.69) is 45.1 Å². The van der Waals surface area contributed by atoms with Gasteiger partial charge in [0, 0.05) is 19.3 Å². The van der Waals surface area contributed by atoms with Gasteiger partial charge in [-0.3, -0.25) is 14.4 Å². The quantitative estimate of drug-likeness (QED) is 0.0261. The van der Waals surface area contributed by atoms with Crippen molar-refractivity contribution in [2.24, 2.45) is 0 Å². The first kappa shape index (κ1) is 78.9. The second-order valence-corrected chi connectivity index (χ2v) is 25.2. The number of carbonyl (C=O) groups is 3. The van der Waals surface area contributed by atoms with Gasteiger partial charge in [-0.1, -0.05) is 360 Å². The third-order valence-corrected chi connectivity index (χ3v) is 16.9. The molecule has 0 aliphatic rings. The average molecular weight is 1140 g/mol. The molecule has 0 aromatic heterocycles. The van der Waals surface area contributed by atoms with E-state index in [1.807, 2.05) is 0 Å². The van der Waals surface area contributed by atoms with Crippen LogP contribution in [-0.2, 0) is 28.6 Å². The van der Waals surface area contributed by atoms with Gasteiger partial charge in [-0.05, 0) is 64.2 Å². The van der Waals surface area contributed by atoms with E-state index in [4.69, 9.17) is 14.2 Å². The van der Waals surface area contributed by atoms with Gasteiger partial charge in [0.25, 0.3) is 0 Å². The largest absolute Gasteiger partial charge is 0.462 e. The second kappa shape index (κ2) is 70.4. The minimum absolute atomic E-state index is 0.0696. The molecule has 0 bridgehead atoms. The Labute approximate surface area is 506 Å². The Morgan fingerprint density at radius 3 is 0.654 bits per heavy atom. The highest BCUT2D eigenvalue weighted by Crippen LogP contribution is 2.19. The van der Waals surface area contributed by atoms with Crippen molar-refractivity contribution in [3.05, 3.63) is 24.3 Å². The Balaban J connectivity index is 4.05. The lowest BCUT2D eigenvalue weighted by Gasteiger charge is -2.18. The van der Waals surface area contributed by atoms with Crippen LogP contribution in [0.4, 0.5) is 0 Å². The summed E-state index contributed by atoms with van der Waals surface area (Å²) in [4.78, 5) is 38.3. The molecule has 0 amide bonds. The highest BCUT2D eigenvalue weighted by atomic mass is 16.6. The molecule has 81 heavy (non-hydrogen) atoms. The van der Waals surface area contributed by atoms with E-state index >= 15 is 0 Å². The molecule has 0 aromatic carbocycles. The van der Waals surface area contributed by atoms with E-state index in [0.717, 1.165) is 64.2 Å². The van der Waals surface area contributed by atoms with E-state index < -0.39 is 6.10 Å².